The number of methoxy groups -OCH3 is 1. The van der Waals surface area contributed by atoms with Gasteiger partial charge in [-0.15, -0.1) is 0 Å². The van der Waals surface area contributed by atoms with Crippen molar-refractivity contribution in [1.29, 1.82) is 0 Å². The Morgan fingerprint density at radius 1 is 1.30 bits per heavy atom. The molecule has 0 radical (unpaired) electrons. The van der Waals surface area contributed by atoms with Crippen molar-refractivity contribution in [1.82, 2.24) is 5.32 Å². The Hall–Kier alpha value is -1.02. The van der Waals surface area contributed by atoms with Gasteiger partial charge in [-0.05, 0) is 43.6 Å². The summed E-state index contributed by atoms with van der Waals surface area (Å²) >= 11 is 0. The third-order valence-corrected chi connectivity index (χ3v) is 4.76. The Morgan fingerprint density at radius 3 is 2.65 bits per heavy atom. The van der Waals surface area contributed by atoms with Gasteiger partial charge in [-0.3, -0.25) is 0 Å². The predicted octanol–water partition coefficient (Wildman–Crippen LogP) is 4.56. The minimum atomic E-state index is 0.333. The first-order valence-corrected chi connectivity index (χ1v) is 7.82. The molecule has 1 N–H and O–H groups in total. The van der Waals surface area contributed by atoms with Crippen LogP contribution in [-0.4, -0.2) is 13.2 Å². The second-order valence-electron chi connectivity index (χ2n) is 7.12. The minimum absolute atomic E-state index is 0.333. The smallest absolute Gasteiger partial charge is 0.123 e. The van der Waals surface area contributed by atoms with Gasteiger partial charge in [-0.2, -0.15) is 0 Å². The van der Waals surface area contributed by atoms with Gasteiger partial charge in [0.05, 0.1) is 7.11 Å². The van der Waals surface area contributed by atoms with E-state index in [1.54, 1.807) is 7.11 Å². The fraction of sp³-hybridized carbons (Fsp3) is 0.667. The zero-order valence-corrected chi connectivity index (χ0v) is 13.6. The first kappa shape index (κ1) is 15.4. The van der Waals surface area contributed by atoms with Gasteiger partial charge in [0.2, 0.25) is 0 Å². The molecule has 0 bridgehead atoms. The Balaban J connectivity index is 2.03. The Morgan fingerprint density at radius 2 is 2.00 bits per heavy atom. The van der Waals surface area contributed by atoms with Crippen molar-refractivity contribution >= 4 is 0 Å². The highest BCUT2D eigenvalue weighted by Crippen LogP contribution is 2.39. The van der Waals surface area contributed by atoms with Crippen molar-refractivity contribution in [2.75, 3.05) is 7.11 Å². The van der Waals surface area contributed by atoms with Gasteiger partial charge in [0, 0.05) is 17.6 Å². The van der Waals surface area contributed by atoms with Gasteiger partial charge in [-0.1, -0.05) is 39.0 Å². The van der Waals surface area contributed by atoms with E-state index in [1.807, 2.05) is 12.1 Å². The van der Waals surface area contributed by atoms with E-state index < -0.39 is 0 Å². The Bertz CT molecular complexity index is 441. The van der Waals surface area contributed by atoms with Crippen LogP contribution in [0.4, 0.5) is 0 Å². The molecule has 2 rings (SSSR count). The molecule has 3 unspecified atom stereocenters. The van der Waals surface area contributed by atoms with Crippen LogP contribution in [0.2, 0.25) is 0 Å². The average Bonchev–Trinajstić information content (AvgIpc) is 2.41. The number of hydrogen-bond acceptors (Lipinski definition) is 2. The summed E-state index contributed by atoms with van der Waals surface area (Å²) in [6.45, 7) is 9.41. The molecule has 0 aromatic heterocycles. The first-order chi connectivity index (χ1) is 9.43. The average molecular weight is 275 g/mol. The van der Waals surface area contributed by atoms with Gasteiger partial charge >= 0.3 is 0 Å². The Kier molecular flexibility index (Phi) is 4.74. The van der Waals surface area contributed by atoms with Crippen LogP contribution in [0.3, 0.4) is 0 Å². The molecule has 0 heterocycles. The monoisotopic (exact) mass is 275 g/mol. The third-order valence-electron chi connectivity index (χ3n) is 4.76. The molecule has 1 aromatic carbocycles. The van der Waals surface area contributed by atoms with E-state index in [0.29, 0.717) is 17.5 Å². The number of para-hydroxylation sites is 1. The highest BCUT2D eigenvalue weighted by Gasteiger charge is 2.33. The molecule has 0 saturated heterocycles. The van der Waals surface area contributed by atoms with Crippen LogP contribution in [0, 0.1) is 11.3 Å². The lowest BCUT2D eigenvalue weighted by molar-refractivity contribution is 0.142. The van der Waals surface area contributed by atoms with Crippen LogP contribution in [0.1, 0.15) is 58.6 Å². The number of benzene rings is 1. The van der Waals surface area contributed by atoms with E-state index >= 15 is 0 Å². The highest BCUT2D eigenvalue weighted by molar-refractivity contribution is 5.35. The molecule has 112 valence electrons. The molecule has 20 heavy (non-hydrogen) atoms. The molecule has 1 aliphatic rings. The lowest BCUT2D eigenvalue weighted by atomic mass is 9.70. The van der Waals surface area contributed by atoms with Crippen molar-refractivity contribution in [2.45, 2.75) is 59.0 Å². The van der Waals surface area contributed by atoms with E-state index in [9.17, 15) is 0 Å². The maximum absolute atomic E-state index is 5.48. The number of nitrogens with one attached hydrogen (secondary N) is 1. The van der Waals surface area contributed by atoms with Crippen LogP contribution >= 0.6 is 0 Å². The van der Waals surface area contributed by atoms with E-state index in [4.69, 9.17) is 4.74 Å². The van der Waals surface area contributed by atoms with Gasteiger partial charge < -0.3 is 10.1 Å². The summed E-state index contributed by atoms with van der Waals surface area (Å²) < 4.78 is 5.48. The normalized spacial score (nSPS) is 27.1. The van der Waals surface area contributed by atoms with Gasteiger partial charge in [0.15, 0.2) is 0 Å². The van der Waals surface area contributed by atoms with Gasteiger partial charge in [0.1, 0.15) is 5.75 Å². The lowest BCUT2D eigenvalue weighted by Gasteiger charge is -2.41. The zero-order valence-electron chi connectivity index (χ0n) is 13.6. The molecular formula is C18H29NO. The van der Waals surface area contributed by atoms with E-state index in [2.05, 4.69) is 45.1 Å². The van der Waals surface area contributed by atoms with Crippen molar-refractivity contribution in [3.8, 4) is 5.75 Å². The quantitative estimate of drug-likeness (QED) is 0.869. The molecule has 2 heteroatoms. The van der Waals surface area contributed by atoms with Gasteiger partial charge in [0.25, 0.3) is 0 Å². The molecule has 0 spiro atoms. The van der Waals surface area contributed by atoms with E-state index in [0.717, 1.165) is 11.7 Å². The molecule has 1 fully saturated rings. The second kappa shape index (κ2) is 6.17. The molecule has 0 aliphatic heterocycles. The fourth-order valence-corrected chi connectivity index (χ4v) is 3.63. The van der Waals surface area contributed by atoms with Crippen LogP contribution in [-0.2, 0) is 0 Å². The largest absolute Gasteiger partial charge is 0.496 e. The number of rotatable bonds is 4. The van der Waals surface area contributed by atoms with Gasteiger partial charge in [-0.25, -0.2) is 0 Å². The summed E-state index contributed by atoms with van der Waals surface area (Å²) in [5.74, 6) is 1.71. The first-order valence-electron chi connectivity index (χ1n) is 7.82. The SMILES string of the molecule is COc1ccccc1C(C)NC1CCC(C)(C)CC1C. The summed E-state index contributed by atoms with van der Waals surface area (Å²) in [5.41, 5.74) is 1.76. The summed E-state index contributed by atoms with van der Waals surface area (Å²) in [6.07, 6.45) is 3.89. The van der Waals surface area contributed by atoms with Crippen LogP contribution in [0.25, 0.3) is 0 Å². The summed E-state index contributed by atoms with van der Waals surface area (Å²) in [5, 5.41) is 3.82. The molecular weight excluding hydrogens is 246 g/mol. The number of hydrogen-bond donors (Lipinski definition) is 1. The predicted molar refractivity (Wildman–Crippen MR) is 85.1 cm³/mol. The standard InChI is InChI=1S/C18H29NO/c1-13-12-18(3,4)11-10-16(13)19-14(2)15-8-6-7-9-17(15)20-5/h6-9,13-14,16,19H,10-12H2,1-5H3. The second-order valence-corrected chi connectivity index (χ2v) is 7.12. The summed E-state index contributed by atoms with van der Waals surface area (Å²) in [6, 6.07) is 9.27. The number of ether oxygens (including phenoxy) is 1. The lowest BCUT2D eigenvalue weighted by Crippen LogP contribution is -2.42. The van der Waals surface area contributed by atoms with Crippen molar-refractivity contribution < 1.29 is 4.74 Å². The van der Waals surface area contributed by atoms with E-state index in [1.165, 1.54) is 24.8 Å². The molecule has 2 nitrogen and oxygen atoms in total. The van der Waals surface area contributed by atoms with E-state index in [-0.39, 0.29) is 0 Å². The summed E-state index contributed by atoms with van der Waals surface area (Å²) in [7, 11) is 1.75. The van der Waals surface area contributed by atoms with Crippen LogP contribution in [0.15, 0.2) is 24.3 Å². The van der Waals surface area contributed by atoms with Crippen LogP contribution in [0.5, 0.6) is 5.75 Å². The maximum Gasteiger partial charge on any atom is 0.123 e. The van der Waals surface area contributed by atoms with Crippen molar-refractivity contribution in [2.24, 2.45) is 11.3 Å². The summed E-state index contributed by atoms with van der Waals surface area (Å²) in [4.78, 5) is 0. The minimum Gasteiger partial charge on any atom is -0.496 e. The van der Waals surface area contributed by atoms with Crippen molar-refractivity contribution in [3.63, 3.8) is 0 Å². The molecule has 3 atom stereocenters. The topological polar surface area (TPSA) is 21.3 Å². The maximum atomic E-state index is 5.48. The van der Waals surface area contributed by atoms with Crippen LogP contribution < -0.4 is 10.1 Å². The third kappa shape index (κ3) is 3.54. The zero-order chi connectivity index (χ0) is 14.8. The highest BCUT2D eigenvalue weighted by atomic mass is 16.5. The molecule has 1 aromatic rings. The molecule has 1 aliphatic carbocycles. The molecule has 0 amide bonds. The fourth-order valence-electron chi connectivity index (χ4n) is 3.63. The molecule has 1 saturated carbocycles. The van der Waals surface area contributed by atoms with Crippen molar-refractivity contribution in [3.05, 3.63) is 29.8 Å². The Labute approximate surface area is 123 Å².